The minimum Gasteiger partial charge on any atom is -0.458 e. The molecule has 0 radical (unpaired) electrons. The maximum absolute atomic E-state index is 12.5. The number of aliphatic hydroxyl groups is 4. The Balaban J connectivity index is 1.54. The minimum absolute atomic E-state index is 0.149. The van der Waals surface area contributed by atoms with Gasteiger partial charge in [-0.1, -0.05) is 6.92 Å². The SMILES string of the molecule is C[C@]12CC[C@H]3[C@@H](CC[C@]4(O)C[C@H](O)CC[C@]34C=O)[C@@]1(O)C[C@@H](O)[C@H]2C1=CC(=O)OC1. The molecule has 9 atom stereocenters. The summed E-state index contributed by atoms with van der Waals surface area (Å²) in [7, 11) is 0. The highest BCUT2D eigenvalue weighted by Gasteiger charge is 2.73. The summed E-state index contributed by atoms with van der Waals surface area (Å²) in [5.74, 6) is -1.19. The summed E-state index contributed by atoms with van der Waals surface area (Å²) in [6.07, 6.45) is 4.37. The Bertz CT molecular complexity index is 809. The van der Waals surface area contributed by atoms with Crippen LogP contribution in [0.15, 0.2) is 11.6 Å². The minimum atomic E-state index is -1.25. The van der Waals surface area contributed by atoms with Crippen LogP contribution < -0.4 is 0 Å². The first-order valence-corrected chi connectivity index (χ1v) is 11.2. The number of aliphatic hydroxyl groups excluding tert-OH is 2. The molecule has 1 heterocycles. The summed E-state index contributed by atoms with van der Waals surface area (Å²) in [5.41, 5.74) is -3.31. The van der Waals surface area contributed by atoms with E-state index in [0.29, 0.717) is 38.5 Å². The van der Waals surface area contributed by atoms with Crippen LogP contribution in [-0.4, -0.2) is 62.7 Å². The van der Waals surface area contributed by atoms with E-state index >= 15 is 0 Å². The third kappa shape index (κ3) is 2.35. The van der Waals surface area contributed by atoms with Crippen LogP contribution in [0.5, 0.6) is 0 Å². The number of esters is 1. The molecule has 0 amide bonds. The van der Waals surface area contributed by atoms with Crippen molar-refractivity contribution in [1.29, 1.82) is 0 Å². The van der Waals surface area contributed by atoms with Crippen molar-refractivity contribution in [2.45, 2.75) is 81.7 Å². The van der Waals surface area contributed by atoms with Crippen molar-refractivity contribution in [3.8, 4) is 0 Å². The van der Waals surface area contributed by atoms with Gasteiger partial charge in [0.15, 0.2) is 0 Å². The fourth-order valence-corrected chi connectivity index (χ4v) is 8.42. The number of fused-ring (bicyclic) bond motifs is 5. The second-order valence-electron chi connectivity index (χ2n) is 10.8. The average Bonchev–Trinajstić information content (AvgIpc) is 3.18. The molecule has 7 heteroatoms. The molecule has 5 aliphatic rings. The Kier molecular flexibility index (Phi) is 4.38. The molecule has 0 aromatic rings. The molecule has 0 saturated heterocycles. The molecule has 4 aliphatic carbocycles. The summed E-state index contributed by atoms with van der Waals surface area (Å²) in [5, 5.41) is 44.7. The Morgan fingerprint density at radius 3 is 2.47 bits per heavy atom. The van der Waals surface area contributed by atoms with Crippen molar-refractivity contribution in [3.05, 3.63) is 11.6 Å². The molecule has 5 rings (SSSR count). The Labute approximate surface area is 176 Å². The molecule has 1 aliphatic heterocycles. The van der Waals surface area contributed by atoms with Crippen LogP contribution in [0.2, 0.25) is 0 Å². The van der Waals surface area contributed by atoms with E-state index in [1.54, 1.807) is 0 Å². The topological polar surface area (TPSA) is 124 Å². The molecule has 166 valence electrons. The zero-order valence-electron chi connectivity index (χ0n) is 17.4. The van der Waals surface area contributed by atoms with E-state index in [1.165, 1.54) is 6.08 Å². The van der Waals surface area contributed by atoms with Gasteiger partial charge in [0.1, 0.15) is 12.9 Å². The van der Waals surface area contributed by atoms with Crippen LogP contribution in [0, 0.1) is 28.6 Å². The van der Waals surface area contributed by atoms with Crippen LogP contribution in [-0.2, 0) is 14.3 Å². The predicted octanol–water partition coefficient (Wildman–Crippen LogP) is 0.869. The number of hydrogen-bond acceptors (Lipinski definition) is 7. The molecule has 4 saturated carbocycles. The summed E-state index contributed by atoms with van der Waals surface area (Å²) in [4.78, 5) is 24.2. The number of carbonyl (C=O) groups excluding carboxylic acids is 2. The van der Waals surface area contributed by atoms with Gasteiger partial charge in [-0.2, -0.15) is 0 Å². The lowest BCUT2D eigenvalue weighted by Gasteiger charge is -2.65. The quantitative estimate of drug-likeness (QED) is 0.386. The van der Waals surface area contributed by atoms with Gasteiger partial charge in [-0.3, -0.25) is 0 Å². The molecule has 0 bridgehead atoms. The average molecular weight is 421 g/mol. The first-order chi connectivity index (χ1) is 14.1. The van der Waals surface area contributed by atoms with Crippen molar-refractivity contribution in [2.75, 3.05) is 6.61 Å². The Morgan fingerprint density at radius 2 is 1.80 bits per heavy atom. The number of carbonyl (C=O) groups is 2. The van der Waals surface area contributed by atoms with Crippen LogP contribution in [0.25, 0.3) is 0 Å². The maximum Gasteiger partial charge on any atom is 0.331 e. The number of rotatable bonds is 2. The highest BCUT2D eigenvalue weighted by molar-refractivity contribution is 5.85. The fraction of sp³-hybridized carbons (Fsp3) is 0.826. The Hall–Kier alpha value is -1.28. The number of ether oxygens (including phenoxy) is 1. The first kappa shape index (κ1) is 20.6. The third-order valence-electron chi connectivity index (χ3n) is 9.81. The van der Waals surface area contributed by atoms with Crippen LogP contribution in [0.4, 0.5) is 0 Å². The van der Waals surface area contributed by atoms with Gasteiger partial charge in [-0.05, 0) is 55.9 Å². The molecule has 7 nitrogen and oxygen atoms in total. The second-order valence-corrected chi connectivity index (χ2v) is 10.8. The van der Waals surface area contributed by atoms with Crippen molar-refractivity contribution < 1.29 is 34.8 Å². The lowest BCUT2D eigenvalue weighted by atomic mass is 9.41. The van der Waals surface area contributed by atoms with Crippen molar-refractivity contribution >= 4 is 12.3 Å². The van der Waals surface area contributed by atoms with Gasteiger partial charge < -0.3 is 30.0 Å². The second kappa shape index (κ2) is 6.37. The number of hydrogen-bond donors (Lipinski definition) is 4. The maximum atomic E-state index is 12.5. The number of aldehydes is 1. The zero-order chi connectivity index (χ0) is 21.5. The van der Waals surface area contributed by atoms with Crippen molar-refractivity contribution in [1.82, 2.24) is 0 Å². The van der Waals surface area contributed by atoms with Crippen LogP contribution in [0.3, 0.4) is 0 Å². The molecule has 0 spiro atoms. The van der Waals surface area contributed by atoms with Gasteiger partial charge in [0.2, 0.25) is 0 Å². The third-order valence-corrected chi connectivity index (χ3v) is 9.81. The van der Waals surface area contributed by atoms with E-state index in [2.05, 4.69) is 0 Å². The molecule has 4 fully saturated rings. The molecular weight excluding hydrogens is 388 g/mol. The van der Waals surface area contributed by atoms with E-state index in [1.807, 2.05) is 6.92 Å². The molecule has 30 heavy (non-hydrogen) atoms. The van der Waals surface area contributed by atoms with Gasteiger partial charge in [-0.25, -0.2) is 4.79 Å². The molecule has 4 N–H and O–H groups in total. The molecule has 0 aromatic carbocycles. The van der Waals surface area contributed by atoms with Gasteiger partial charge in [-0.15, -0.1) is 0 Å². The smallest absolute Gasteiger partial charge is 0.331 e. The molecule has 0 unspecified atom stereocenters. The van der Waals surface area contributed by atoms with Gasteiger partial charge in [0.25, 0.3) is 0 Å². The molecule has 0 aromatic heterocycles. The van der Waals surface area contributed by atoms with Crippen LogP contribution >= 0.6 is 0 Å². The van der Waals surface area contributed by atoms with E-state index in [4.69, 9.17) is 4.74 Å². The van der Waals surface area contributed by atoms with E-state index in [-0.39, 0.29) is 37.2 Å². The first-order valence-electron chi connectivity index (χ1n) is 11.2. The van der Waals surface area contributed by atoms with E-state index < -0.39 is 40.2 Å². The lowest BCUT2D eigenvalue weighted by molar-refractivity contribution is -0.248. The largest absolute Gasteiger partial charge is 0.458 e. The number of cyclic esters (lactones) is 1. The predicted molar refractivity (Wildman–Crippen MR) is 105 cm³/mol. The lowest BCUT2D eigenvalue weighted by Crippen LogP contribution is -2.68. The highest BCUT2D eigenvalue weighted by atomic mass is 16.5. The monoisotopic (exact) mass is 420 g/mol. The fourth-order valence-electron chi connectivity index (χ4n) is 8.42. The normalized spacial score (nSPS) is 55.2. The summed E-state index contributed by atoms with van der Waals surface area (Å²) >= 11 is 0. The van der Waals surface area contributed by atoms with Crippen molar-refractivity contribution in [3.63, 3.8) is 0 Å². The summed E-state index contributed by atoms with van der Waals surface area (Å²) in [6, 6.07) is 0. The summed E-state index contributed by atoms with van der Waals surface area (Å²) < 4.78 is 5.09. The van der Waals surface area contributed by atoms with E-state index in [0.717, 1.165) is 11.9 Å². The zero-order valence-corrected chi connectivity index (χ0v) is 17.4. The highest BCUT2D eigenvalue weighted by Crippen LogP contribution is 2.70. The standard InChI is InChI=1S/C23H32O7/c1-20-5-3-15-16(4-7-22(28)9-14(25)2-6-21(15,22)12-24)23(20,29)10-17(26)19(20)13-8-18(27)30-11-13/h8,12,14-17,19,25-26,28-29H,2-7,9-11H2,1H3/t14-,15+,16-,17-,19-,20-,21+,22+,23+/m1/s1. The Morgan fingerprint density at radius 1 is 1.07 bits per heavy atom. The van der Waals surface area contributed by atoms with E-state index in [9.17, 15) is 30.0 Å². The summed E-state index contributed by atoms with van der Waals surface area (Å²) in [6.45, 7) is 2.14. The van der Waals surface area contributed by atoms with Gasteiger partial charge in [0, 0.05) is 30.3 Å². The van der Waals surface area contributed by atoms with Crippen molar-refractivity contribution in [2.24, 2.45) is 28.6 Å². The molecular formula is C23H32O7. The van der Waals surface area contributed by atoms with Gasteiger partial charge in [0.05, 0.1) is 28.8 Å². The van der Waals surface area contributed by atoms with Crippen LogP contribution in [0.1, 0.15) is 58.3 Å². The van der Waals surface area contributed by atoms with Gasteiger partial charge >= 0.3 is 5.97 Å².